The molecule has 3 aromatic rings. The number of benzene rings is 2. The van der Waals surface area contributed by atoms with Crippen LogP contribution in [-0.2, 0) is 20.9 Å². The SMILES string of the molecule is CCOCC(=O)N(C)c1ccc(OCc2cc3ccc(F)cc3n2C(=O)OC(C)(C)C)cc1. The first kappa shape index (κ1) is 24.3. The number of nitrogens with zero attached hydrogens (tertiary/aromatic N) is 2. The normalized spacial score (nSPS) is 11.5. The Balaban J connectivity index is 1.79. The first-order valence-electron chi connectivity index (χ1n) is 10.7. The number of aromatic nitrogens is 1. The Kier molecular flexibility index (Phi) is 7.38. The number of likely N-dealkylation sites (N-methyl/N-ethyl adjacent to an activating group) is 1. The van der Waals surface area contributed by atoms with E-state index in [1.54, 1.807) is 64.2 Å². The number of fused-ring (bicyclic) bond motifs is 1. The maximum absolute atomic E-state index is 13.9. The molecule has 7 nitrogen and oxygen atoms in total. The lowest BCUT2D eigenvalue weighted by atomic mass is 10.2. The second-order valence-corrected chi connectivity index (χ2v) is 8.53. The van der Waals surface area contributed by atoms with Gasteiger partial charge in [-0.05, 0) is 76.2 Å². The second-order valence-electron chi connectivity index (χ2n) is 8.53. The molecule has 0 saturated carbocycles. The van der Waals surface area contributed by atoms with E-state index in [2.05, 4.69) is 0 Å². The average Bonchev–Trinajstić information content (AvgIpc) is 3.12. The summed E-state index contributed by atoms with van der Waals surface area (Å²) < 4.78 is 31.8. The first-order valence-corrected chi connectivity index (χ1v) is 10.7. The van der Waals surface area contributed by atoms with Gasteiger partial charge in [-0.1, -0.05) is 0 Å². The molecule has 2 aromatic carbocycles. The molecule has 1 amide bonds. The van der Waals surface area contributed by atoms with Gasteiger partial charge in [0.25, 0.3) is 5.91 Å². The highest BCUT2D eigenvalue weighted by atomic mass is 19.1. The van der Waals surface area contributed by atoms with Crippen LogP contribution in [0.3, 0.4) is 0 Å². The van der Waals surface area contributed by atoms with E-state index in [1.165, 1.54) is 21.6 Å². The zero-order valence-corrected chi connectivity index (χ0v) is 19.6. The minimum Gasteiger partial charge on any atom is -0.487 e. The van der Waals surface area contributed by atoms with Gasteiger partial charge in [-0.2, -0.15) is 0 Å². The summed E-state index contributed by atoms with van der Waals surface area (Å²) in [6.07, 6.45) is -0.605. The van der Waals surface area contributed by atoms with Crippen molar-refractivity contribution in [2.75, 3.05) is 25.2 Å². The van der Waals surface area contributed by atoms with Crippen LogP contribution >= 0.6 is 0 Å². The standard InChI is InChI=1S/C25H29FN2O5/c1-6-31-16-23(29)27(5)19-9-11-21(12-10-19)32-15-20-13-17-7-8-18(26)14-22(17)28(20)24(30)33-25(2,3)4/h7-14H,6,15-16H2,1-5H3. The van der Waals surface area contributed by atoms with E-state index in [0.29, 0.717) is 34.6 Å². The van der Waals surface area contributed by atoms with Gasteiger partial charge in [-0.15, -0.1) is 0 Å². The van der Waals surface area contributed by atoms with Crippen LogP contribution < -0.4 is 9.64 Å². The molecule has 8 heteroatoms. The number of carbonyl (C=O) groups is 2. The van der Waals surface area contributed by atoms with E-state index >= 15 is 0 Å². The molecular weight excluding hydrogens is 427 g/mol. The molecule has 0 atom stereocenters. The van der Waals surface area contributed by atoms with Gasteiger partial charge in [0.2, 0.25) is 0 Å². The average molecular weight is 457 g/mol. The van der Waals surface area contributed by atoms with Crippen LogP contribution in [-0.4, -0.2) is 42.4 Å². The number of carbonyl (C=O) groups excluding carboxylic acids is 2. The fourth-order valence-electron chi connectivity index (χ4n) is 3.21. The number of amides is 1. The largest absolute Gasteiger partial charge is 0.487 e. The lowest BCUT2D eigenvalue weighted by Gasteiger charge is -2.21. The third-order valence-electron chi connectivity index (χ3n) is 4.83. The number of anilines is 1. The third kappa shape index (κ3) is 6.10. The molecular formula is C25H29FN2O5. The van der Waals surface area contributed by atoms with Crippen molar-refractivity contribution in [1.29, 1.82) is 0 Å². The van der Waals surface area contributed by atoms with Gasteiger partial charge in [0, 0.05) is 24.7 Å². The summed E-state index contributed by atoms with van der Waals surface area (Å²) in [6.45, 7) is 7.69. The monoisotopic (exact) mass is 456 g/mol. The molecule has 0 unspecified atom stereocenters. The zero-order chi connectivity index (χ0) is 24.2. The molecule has 0 fully saturated rings. The van der Waals surface area contributed by atoms with Gasteiger partial charge in [-0.3, -0.25) is 4.79 Å². The molecule has 176 valence electrons. The van der Waals surface area contributed by atoms with Crippen LogP contribution in [0.4, 0.5) is 14.9 Å². The molecule has 0 saturated heterocycles. The third-order valence-corrected chi connectivity index (χ3v) is 4.83. The second kappa shape index (κ2) is 10.0. The molecule has 0 N–H and O–H groups in total. The lowest BCUT2D eigenvalue weighted by Crippen LogP contribution is -2.30. The van der Waals surface area contributed by atoms with E-state index in [9.17, 15) is 14.0 Å². The van der Waals surface area contributed by atoms with Crippen LogP contribution in [0.25, 0.3) is 10.9 Å². The summed E-state index contributed by atoms with van der Waals surface area (Å²) in [5, 5.41) is 0.700. The molecule has 1 heterocycles. The van der Waals surface area contributed by atoms with E-state index in [0.717, 1.165) is 0 Å². The number of halogens is 1. The van der Waals surface area contributed by atoms with Crippen molar-refractivity contribution in [2.45, 2.75) is 39.9 Å². The van der Waals surface area contributed by atoms with Crippen LogP contribution in [0.2, 0.25) is 0 Å². The number of ether oxygens (including phenoxy) is 3. The Morgan fingerprint density at radius 3 is 2.39 bits per heavy atom. The van der Waals surface area contributed by atoms with E-state index in [4.69, 9.17) is 14.2 Å². The Bertz CT molecular complexity index is 1130. The van der Waals surface area contributed by atoms with Crippen LogP contribution in [0.15, 0.2) is 48.5 Å². The van der Waals surface area contributed by atoms with Gasteiger partial charge in [-0.25, -0.2) is 13.8 Å². The smallest absolute Gasteiger partial charge is 0.419 e. The van der Waals surface area contributed by atoms with Gasteiger partial charge in [0.1, 0.15) is 30.4 Å². The zero-order valence-electron chi connectivity index (χ0n) is 19.6. The van der Waals surface area contributed by atoms with Gasteiger partial charge in [0.15, 0.2) is 0 Å². The van der Waals surface area contributed by atoms with Crippen LogP contribution in [0.5, 0.6) is 5.75 Å². The van der Waals surface area contributed by atoms with Gasteiger partial charge < -0.3 is 19.1 Å². The molecule has 0 spiro atoms. The van der Waals surface area contributed by atoms with Crippen molar-refractivity contribution in [3.8, 4) is 5.75 Å². The summed E-state index contributed by atoms with van der Waals surface area (Å²) in [5.41, 5.74) is 0.927. The molecule has 0 radical (unpaired) electrons. The number of hydrogen-bond acceptors (Lipinski definition) is 5. The lowest BCUT2D eigenvalue weighted by molar-refractivity contribution is -0.122. The highest BCUT2D eigenvalue weighted by Gasteiger charge is 2.23. The maximum Gasteiger partial charge on any atom is 0.419 e. The highest BCUT2D eigenvalue weighted by molar-refractivity contribution is 5.93. The summed E-state index contributed by atoms with van der Waals surface area (Å²) in [7, 11) is 1.68. The minimum atomic E-state index is -0.708. The molecule has 0 bridgehead atoms. The summed E-state index contributed by atoms with van der Waals surface area (Å²) in [6, 6.07) is 13.0. The molecule has 33 heavy (non-hydrogen) atoms. The molecule has 0 aliphatic rings. The van der Waals surface area contributed by atoms with Crippen molar-refractivity contribution < 1.29 is 28.2 Å². The van der Waals surface area contributed by atoms with Crippen LogP contribution in [0, 0.1) is 5.82 Å². The summed E-state index contributed by atoms with van der Waals surface area (Å²) >= 11 is 0. The maximum atomic E-state index is 13.9. The summed E-state index contributed by atoms with van der Waals surface area (Å²) in [5.74, 6) is -0.0484. The molecule has 3 rings (SSSR count). The van der Waals surface area contributed by atoms with Gasteiger partial charge >= 0.3 is 6.09 Å². The van der Waals surface area contributed by atoms with Crippen molar-refractivity contribution in [3.05, 3.63) is 60.0 Å². The Hall–Kier alpha value is -3.39. The molecule has 0 aliphatic carbocycles. The van der Waals surface area contributed by atoms with Crippen LogP contribution in [0.1, 0.15) is 33.4 Å². The quantitative estimate of drug-likeness (QED) is 0.492. The molecule has 1 aromatic heterocycles. The van der Waals surface area contributed by atoms with E-state index in [1.807, 2.05) is 6.92 Å². The molecule has 0 aliphatic heterocycles. The number of rotatable bonds is 7. The Morgan fingerprint density at radius 2 is 1.76 bits per heavy atom. The predicted octanol–water partition coefficient (Wildman–Crippen LogP) is 5.14. The minimum absolute atomic E-state index is 0.0149. The number of hydrogen-bond donors (Lipinski definition) is 0. The van der Waals surface area contributed by atoms with Gasteiger partial charge in [0.05, 0.1) is 11.2 Å². The fraction of sp³-hybridized carbons (Fsp3) is 0.360. The fourth-order valence-corrected chi connectivity index (χ4v) is 3.21. The Labute approximate surface area is 192 Å². The van der Waals surface area contributed by atoms with Crippen molar-refractivity contribution in [3.63, 3.8) is 0 Å². The topological polar surface area (TPSA) is 70.0 Å². The predicted molar refractivity (Wildman–Crippen MR) is 124 cm³/mol. The van der Waals surface area contributed by atoms with Crippen molar-refractivity contribution in [1.82, 2.24) is 4.57 Å². The van der Waals surface area contributed by atoms with Crippen molar-refractivity contribution in [2.24, 2.45) is 0 Å². The van der Waals surface area contributed by atoms with Crippen molar-refractivity contribution >= 4 is 28.6 Å². The Morgan fingerprint density at radius 1 is 1.06 bits per heavy atom. The van der Waals surface area contributed by atoms with E-state index < -0.39 is 17.5 Å². The first-order chi connectivity index (χ1) is 15.6. The highest BCUT2D eigenvalue weighted by Crippen LogP contribution is 2.25. The summed E-state index contributed by atoms with van der Waals surface area (Å²) in [4.78, 5) is 26.5. The van der Waals surface area contributed by atoms with E-state index in [-0.39, 0.29) is 19.1 Å².